The van der Waals surface area contributed by atoms with Crippen molar-refractivity contribution in [3.8, 4) is 11.5 Å². The summed E-state index contributed by atoms with van der Waals surface area (Å²) < 4.78 is 0. The molecule has 2 aliphatic heterocycles. The monoisotopic (exact) mass is 518 g/mol. The van der Waals surface area contributed by atoms with Crippen LogP contribution in [0.2, 0.25) is 0 Å². The van der Waals surface area contributed by atoms with E-state index >= 15 is 0 Å². The number of amides is 1. The van der Waals surface area contributed by atoms with E-state index in [1.807, 2.05) is 24.3 Å². The number of hydrogen-bond donors (Lipinski definition) is 3. The molecular weight excluding hydrogens is 476 g/mol. The van der Waals surface area contributed by atoms with Crippen molar-refractivity contribution in [1.82, 2.24) is 15.1 Å². The standard InChI is InChI=1S/C31H42N4O3/c1-22(33-30(38)16-11-23-5-3-2-4-6-23)20-34-27(18-25-9-14-29(37)15-10-25)21-35-26(19-32-31(34)35)17-24-7-12-28(36)13-8-24/h7-10,12-15,22-23,26-27,36-37H,2-6,11,16-21H2,1H3,(H,33,38)/t22-,26-,27+/m0/s1. The van der Waals surface area contributed by atoms with E-state index in [1.165, 1.54) is 43.2 Å². The molecule has 5 rings (SSSR count). The molecule has 3 aliphatic rings. The molecule has 0 bridgehead atoms. The molecule has 2 fully saturated rings. The Labute approximate surface area is 226 Å². The van der Waals surface area contributed by atoms with Gasteiger partial charge in [0.15, 0.2) is 5.96 Å². The van der Waals surface area contributed by atoms with Gasteiger partial charge in [0.1, 0.15) is 11.5 Å². The van der Waals surface area contributed by atoms with Gasteiger partial charge in [0.2, 0.25) is 5.91 Å². The second kappa shape index (κ2) is 12.1. The van der Waals surface area contributed by atoms with E-state index in [2.05, 4.69) is 22.0 Å². The number of aromatic hydroxyl groups is 2. The second-order valence-electron chi connectivity index (χ2n) is 11.5. The summed E-state index contributed by atoms with van der Waals surface area (Å²) in [5.74, 6) is 2.47. The van der Waals surface area contributed by atoms with Gasteiger partial charge in [-0.15, -0.1) is 0 Å². The second-order valence-corrected chi connectivity index (χ2v) is 11.5. The van der Waals surface area contributed by atoms with Gasteiger partial charge in [0.05, 0.1) is 18.6 Å². The fourth-order valence-electron chi connectivity index (χ4n) is 6.40. The maximum atomic E-state index is 12.8. The third-order valence-electron chi connectivity index (χ3n) is 8.44. The Morgan fingerprint density at radius 1 is 0.947 bits per heavy atom. The first-order chi connectivity index (χ1) is 18.4. The fourth-order valence-corrected chi connectivity index (χ4v) is 6.40. The smallest absolute Gasteiger partial charge is 0.220 e. The number of aliphatic imine (C=N–C) groups is 1. The molecule has 7 nitrogen and oxygen atoms in total. The maximum absolute atomic E-state index is 12.8. The van der Waals surface area contributed by atoms with Crippen molar-refractivity contribution in [2.45, 2.75) is 82.8 Å². The number of phenols is 2. The van der Waals surface area contributed by atoms with Gasteiger partial charge in [0.25, 0.3) is 0 Å². The lowest BCUT2D eigenvalue weighted by Gasteiger charge is -2.29. The molecule has 7 heteroatoms. The molecule has 3 N–H and O–H groups in total. The van der Waals surface area contributed by atoms with Crippen molar-refractivity contribution < 1.29 is 15.0 Å². The quantitative estimate of drug-likeness (QED) is 0.432. The van der Waals surface area contributed by atoms with E-state index < -0.39 is 0 Å². The van der Waals surface area contributed by atoms with Crippen LogP contribution in [-0.2, 0) is 17.6 Å². The Kier molecular flexibility index (Phi) is 8.40. The van der Waals surface area contributed by atoms with Crippen molar-refractivity contribution in [1.29, 1.82) is 0 Å². The lowest BCUT2D eigenvalue weighted by Crippen LogP contribution is -2.46. The van der Waals surface area contributed by atoms with Crippen molar-refractivity contribution in [2.75, 3.05) is 19.6 Å². The van der Waals surface area contributed by atoms with Gasteiger partial charge < -0.3 is 25.3 Å². The number of nitrogens with one attached hydrogen (secondary N) is 1. The van der Waals surface area contributed by atoms with Crippen LogP contribution >= 0.6 is 0 Å². The molecular formula is C31H42N4O3. The van der Waals surface area contributed by atoms with Crippen molar-refractivity contribution in [2.24, 2.45) is 10.9 Å². The normalized spacial score (nSPS) is 22.3. The van der Waals surface area contributed by atoms with E-state index in [4.69, 9.17) is 4.99 Å². The highest BCUT2D eigenvalue weighted by atomic mass is 16.3. The van der Waals surface area contributed by atoms with Crippen LogP contribution in [0.4, 0.5) is 0 Å². The first-order valence-corrected chi connectivity index (χ1v) is 14.4. The van der Waals surface area contributed by atoms with Crippen molar-refractivity contribution >= 4 is 11.9 Å². The number of benzene rings is 2. The van der Waals surface area contributed by atoms with Crippen LogP contribution in [0, 0.1) is 5.92 Å². The minimum Gasteiger partial charge on any atom is -0.508 e. The number of guanidine groups is 1. The van der Waals surface area contributed by atoms with Crippen LogP contribution < -0.4 is 5.32 Å². The Hall–Kier alpha value is -3.22. The largest absolute Gasteiger partial charge is 0.508 e. The number of hydrogen-bond acceptors (Lipinski definition) is 6. The summed E-state index contributed by atoms with van der Waals surface area (Å²) in [6.07, 6.45) is 9.87. The first kappa shape index (κ1) is 26.4. The van der Waals surface area contributed by atoms with Crippen LogP contribution in [-0.4, -0.2) is 69.6 Å². The van der Waals surface area contributed by atoms with E-state index in [0.29, 0.717) is 12.3 Å². The molecule has 0 aromatic heterocycles. The molecule has 1 saturated heterocycles. The SMILES string of the molecule is C[C@@H](CN1C2=NC[C@H](Cc3ccc(O)cc3)N2C[C@H]1Cc1ccc(O)cc1)NC(=O)CCC1CCCCC1. The lowest BCUT2D eigenvalue weighted by atomic mass is 9.86. The minimum atomic E-state index is 0.0231. The van der Waals surface area contributed by atoms with Gasteiger partial charge in [-0.2, -0.15) is 0 Å². The van der Waals surface area contributed by atoms with Gasteiger partial charge in [-0.3, -0.25) is 9.79 Å². The summed E-state index contributed by atoms with van der Waals surface area (Å²) in [5, 5.41) is 22.6. The van der Waals surface area contributed by atoms with Crippen molar-refractivity contribution in [3.05, 3.63) is 59.7 Å². The molecule has 1 amide bonds. The van der Waals surface area contributed by atoms with Gasteiger partial charge >= 0.3 is 0 Å². The van der Waals surface area contributed by atoms with Gasteiger partial charge in [0, 0.05) is 25.6 Å². The number of carbonyl (C=O) groups excluding carboxylic acids is 1. The highest BCUT2D eigenvalue weighted by Gasteiger charge is 2.42. The molecule has 1 aliphatic carbocycles. The minimum absolute atomic E-state index is 0.0231. The van der Waals surface area contributed by atoms with Crippen LogP contribution in [0.1, 0.15) is 63.0 Å². The van der Waals surface area contributed by atoms with E-state index in [1.54, 1.807) is 24.3 Å². The summed E-state index contributed by atoms with van der Waals surface area (Å²) >= 11 is 0. The third-order valence-corrected chi connectivity index (χ3v) is 8.44. The van der Waals surface area contributed by atoms with E-state index in [9.17, 15) is 15.0 Å². The zero-order valence-electron chi connectivity index (χ0n) is 22.6. The maximum Gasteiger partial charge on any atom is 0.220 e. The predicted molar refractivity (Wildman–Crippen MR) is 150 cm³/mol. The summed E-state index contributed by atoms with van der Waals surface area (Å²) in [6, 6.07) is 15.5. The first-order valence-electron chi connectivity index (χ1n) is 14.4. The molecule has 3 atom stereocenters. The number of fused-ring (bicyclic) bond motifs is 1. The zero-order chi connectivity index (χ0) is 26.5. The molecule has 2 heterocycles. The summed E-state index contributed by atoms with van der Waals surface area (Å²) in [7, 11) is 0. The van der Waals surface area contributed by atoms with Crippen molar-refractivity contribution in [3.63, 3.8) is 0 Å². The molecule has 38 heavy (non-hydrogen) atoms. The average Bonchev–Trinajstić information content (AvgIpc) is 3.45. The van der Waals surface area contributed by atoms with Crippen LogP contribution in [0.3, 0.4) is 0 Å². The van der Waals surface area contributed by atoms with Gasteiger partial charge in [-0.1, -0.05) is 56.4 Å². The summed E-state index contributed by atoms with van der Waals surface area (Å²) in [6.45, 7) is 4.45. The topological polar surface area (TPSA) is 88.4 Å². The van der Waals surface area contributed by atoms with Gasteiger partial charge in [-0.05, 0) is 67.5 Å². The Morgan fingerprint density at radius 2 is 1.55 bits per heavy atom. The molecule has 0 unspecified atom stereocenters. The Morgan fingerprint density at radius 3 is 2.18 bits per heavy atom. The van der Waals surface area contributed by atoms with Crippen LogP contribution in [0.15, 0.2) is 53.5 Å². The van der Waals surface area contributed by atoms with Crippen LogP contribution in [0.25, 0.3) is 0 Å². The highest BCUT2D eigenvalue weighted by Crippen LogP contribution is 2.29. The third kappa shape index (κ3) is 6.61. The molecule has 1 saturated carbocycles. The summed E-state index contributed by atoms with van der Waals surface area (Å²) in [4.78, 5) is 22.6. The molecule has 0 radical (unpaired) electrons. The lowest BCUT2D eigenvalue weighted by molar-refractivity contribution is -0.122. The average molecular weight is 519 g/mol. The summed E-state index contributed by atoms with van der Waals surface area (Å²) in [5.41, 5.74) is 2.37. The molecule has 204 valence electrons. The van der Waals surface area contributed by atoms with E-state index in [0.717, 1.165) is 44.9 Å². The molecule has 0 spiro atoms. The Balaban J connectivity index is 1.23. The fraction of sp³-hybridized carbons (Fsp3) is 0.548. The number of rotatable bonds is 10. The van der Waals surface area contributed by atoms with E-state index in [-0.39, 0.29) is 35.5 Å². The number of carbonyl (C=O) groups is 1. The molecule has 2 aromatic rings. The predicted octanol–water partition coefficient (Wildman–Crippen LogP) is 4.47. The highest BCUT2D eigenvalue weighted by molar-refractivity contribution is 5.85. The van der Waals surface area contributed by atoms with Crippen LogP contribution in [0.5, 0.6) is 11.5 Å². The van der Waals surface area contributed by atoms with Gasteiger partial charge in [-0.25, -0.2) is 0 Å². The zero-order valence-corrected chi connectivity index (χ0v) is 22.6. The number of phenolic OH excluding ortho intramolecular Hbond substituents is 2. The Bertz CT molecular complexity index is 1100. The molecule has 2 aromatic carbocycles. The number of nitrogens with zero attached hydrogens (tertiary/aromatic N) is 3.